The Balaban J connectivity index is 1.76. The number of nitrogens with zero attached hydrogens (tertiary/aromatic N) is 3. The van der Waals surface area contributed by atoms with Crippen molar-refractivity contribution >= 4 is 10.8 Å². The van der Waals surface area contributed by atoms with Gasteiger partial charge >= 0.3 is 11.8 Å². The molecule has 1 aliphatic heterocycles. The van der Waals surface area contributed by atoms with Crippen LogP contribution in [0.3, 0.4) is 0 Å². The van der Waals surface area contributed by atoms with Gasteiger partial charge in [-0.2, -0.15) is 13.2 Å². The van der Waals surface area contributed by atoms with Gasteiger partial charge in [-0.1, -0.05) is 35.5 Å². The highest BCUT2D eigenvalue weighted by molar-refractivity contribution is 5.96. The van der Waals surface area contributed by atoms with Gasteiger partial charge in [-0.3, -0.25) is 0 Å². The van der Waals surface area contributed by atoms with E-state index in [1.54, 1.807) is 4.68 Å². The minimum atomic E-state index is -4.55. The summed E-state index contributed by atoms with van der Waals surface area (Å²) in [5, 5.41) is 8.77. The number of ether oxygens (including phenoxy) is 1. The number of hydrogen-bond acceptors (Lipinski definition) is 5. The van der Waals surface area contributed by atoms with E-state index in [4.69, 9.17) is 9.15 Å². The molecule has 9 heteroatoms. The number of aromatic nitrogens is 3. The highest BCUT2D eigenvalue weighted by Gasteiger charge is 2.32. The third-order valence-corrected chi connectivity index (χ3v) is 5.51. The fraction of sp³-hybridized carbons (Fsp3) is 0.261. The van der Waals surface area contributed by atoms with Crippen LogP contribution in [0.2, 0.25) is 0 Å². The maximum Gasteiger partial charge on any atom is 0.416 e. The summed E-state index contributed by atoms with van der Waals surface area (Å²) in [7, 11) is 0. The zero-order valence-corrected chi connectivity index (χ0v) is 16.9. The van der Waals surface area contributed by atoms with E-state index >= 15 is 0 Å². The molecule has 0 saturated carbocycles. The van der Waals surface area contributed by atoms with E-state index in [-0.39, 0.29) is 17.4 Å². The van der Waals surface area contributed by atoms with Crippen LogP contribution in [0.25, 0.3) is 22.0 Å². The van der Waals surface area contributed by atoms with Gasteiger partial charge in [0.2, 0.25) is 0 Å². The molecule has 0 bridgehead atoms. The Labute approximate surface area is 180 Å². The summed E-state index contributed by atoms with van der Waals surface area (Å²) in [5.41, 5.74) is 0.822. The Kier molecular flexibility index (Phi) is 5.05. The van der Waals surface area contributed by atoms with Gasteiger partial charge in [0.25, 0.3) is 0 Å². The Bertz CT molecular complexity index is 1340. The van der Waals surface area contributed by atoms with Crippen LogP contribution in [0, 0.1) is 0 Å². The first-order valence-corrected chi connectivity index (χ1v) is 10.1. The van der Waals surface area contributed by atoms with Crippen LogP contribution in [-0.2, 0) is 30.5 Å². The molecule has 1 aliphatic rings. The van der Waals surface area contributed by atoms with E-state index in [9.17, 15) is 18.0 Å². The molecule has 0 unspecified atom stereocenters. The van der Waals surface area contributed by atoms with Crippen molar-refractivity contribution in [2.24, 2.45) is 0 Å². The highest BCUT2D eigenvalue weighted by Crippen LogP contribution is 2.37. The third kappa shape index (κ3) is 3.69. The molecule has 4 aromatic rings. The summed E-state index contributed by atoms with van der Waals surface area (Å²) >= 11 is 0. The fourth-order valence-corrected chi connectivity index (χ4v) is 3.97. The molecule has 3 heterocycles. The second-order valence-electron chi connectivity index (χ2n) is 7.63. The minimum absolute atomic E-state index is 0.0699. The lowest BCUT2D eigenvalue weighted by Crippen LogP contribution is -2.10. The molecule has 0 spiro atoms. The Morgan fingerprint density at radius 1 is 1.06 bits per heavy atom. The van der Waals surface area contributed by atoms with Crippen LogP contribution < -0.4 is 5.63 Å². The molecule has 6 nitrogen and oxygen atoms in total. The zero-order chi connectivity index (χ0) is 22.3. The lowest BCUT2D eigenvalue weighted by Gasteiger charge is -2.13. The first kappa shape index (κ1) is 20.4. The van der Waals surface area contributed by atoms with Crippen LogP contribution >= 0.6 is 0 Å². The fourth-order valence-electron chi connectivity index (χ4n) is 3.97. The van der Waals surface area contributed by atoms with Crippen molar-refractivity contribution in [2.75, 3.05) is 6.61 Å². The normalized spacial score (nSPS) is 14.3. The van der Waals surface area contributed by atoms with Gasteiger partial charge in [0.15, 0.2) is 0 Å². The number of hydrogen-bond donors (Lipinski definition) is 0. The molecule has 164 valence electrons. The predicted octanol–water partition coefficient (Wildman–Crippen LogP) is 4.58. The van der Waals surface area contributed by atoms with Crippen molar-refractivity contribution in [1.82, 2.24) is 15.0 Å². The van der Waals surface area contributed by atoms with E-state index in [1.165, 1.54) is 0 Å². The molecule has 5 rings (SSSR count). The highest BCUT2D eigenvalue weighted by atomic mass is 19.4. The van der Waals surface area contributed by atoms with Gasteiger partial charge < -0.3 is 9.15 Å². The van der Waals surface area contributed by atoms with Gasteiger partial charge in [0.05, 0.1) is 35.4 Å². The number of fused-ring (bicyclic) bond motifs is 5. The lowest BCUT2D eigenvalue weighted by atomic mass is 9.97. The van der Waals surface area contributed by atoms with Crippen molar-refractivity contribution in [3.05, 3.63) is 81.5 Å². The number of benzene rings is 2. The first-order chi connectivity index (χ1) is 15.4. The second-order valence-corrected chi connectivity index (χ2v) is 7.63. The molecule has 32 heavy (non-hydrogen) atoms. The summed E-state index contributed by atoms with van der Waals surface area (Å²) < 4.78 is 53.3. The van der Waals surface area contributed by atoms with Crippen molar-refractivity contribution in [1.29, 1.82) is 0 Å². The number of aryl methyl sites for hydroxylation is 1. The summed E-state index contributed by atoms with van der Waals surface area (Å²) in [4.78, 5) is 12.5. The zero-order valence-electron chi connectivity index (χ0n) is 16.9. The quantitative estimate of drug-likeness (QED) is 0.455. The van der Waals surface area contributed by atoms with Crippen LogP contribution in [0.4, 0.5) is 13.2 Å². The summed E-state index contributed by atoms with van der Waals surface area (Å²) in [6.07, 6.45) is -3.66. The van der Waals surface area contributed by atoms with Gasteiger partial charge in [0.1, 0.15) is 11.5 Å². The van der Waals surface area contributed by atoms with E-state index in [1.807, 2.05) is 30.3 Å². The van der Waals surface area contributed by atoms with Gasteiger partial charge in [0, 0.05) is 18.4 Å². The molecular weight excluding hydrogens is 423 g/mol. The standard InChI is InChI=1S/C23H18F3N3O3/c24-23(25,26)15-8-9-16-17(11-15)20-19(32-22(16)30)7-4-10-31-13-18-21(20)27-28-29(18)12-14-5-2-1-3-6-14/h1-3,5-6,8-9,11H,4,7,10,12-13H2. The molecule has 0 aliphatic carbocycles. The Morgan fingerprint density at radius 3 is 2.66 bits per heavy atom. The topological polar surface area (TPSA) is 70.2 Å². The van der Waals surface area contributed by atoms with Crippen LogP contribution in [0.5, 0.6) is 0 Å². The maximum atomic E-state index is 13.4. The van der Waals surface area contributed by atoms with Gasteiger partial charge in [-0.05, 0) is 30.2 Å². The first-order valence-electron chi connectivity index (χ1n) is 10.1. The second kappa shape index (κ2) is 7.90. The minimum Gasteiger partial charge on any atom is -0.427 e. The smallest absolute Gasteiger partial charge is 0.416 e. The van der Waals surface area contributed by atoms with E-state index in [0.29, 0.717) is 48.7 Å². The molecule has 2 aromatic heterocycles. The van der Waals surface area contributed by atoms with Crippen molar-refractivity contribution in [3.63, 3.8) is 0 Å². The molecular formula is C23H18F3N3O3. The van der Waals surface area contributed by atoms with Crippen LogP contribution in [-0.4, -0.2) is 21.6 Å². The molecule has 2 aromatic carbocycles. The monoisotopic (exact) mass is 441 g/mol. The Morgan fingerprint density at radius 2 is 1.88 bits per heavy atom. The summed E-state index contributed by atoms with van der Waals surface area (Å²) in [6.45, 7) is 1.01. The lowest BCUT2D eigenvalue weighted by molar-refractivity contribution is -0.137. The maximum absolute atomic E-state index is 13.4. The molecule has 0 amide bonds. The molecule has 0 fully saturated rings. The average molecular weight is 441 g/mol. The third-order valence-electron chi connectivity index (χ3n) is 5.51. The molecule has 0 atom stereocenters. The number of alkyl halides is 3. The molecule has 0 saturated heterocycles. The Hall–Kier alpha value is -3.46. The van der Waals surface area contributed by atoms with Crippen molar-refractivity contribution < 1.29 is 22.3 Å². The van der Waals surface area contributed by atoms with E-state index in [0.717, 1.165) is 23.8 Å². The van der Waals surface area contributed by atoms with E-state index < -0.39 is 17.4 Å². The summed E-state index contributed by atoms with van der Waals surface area (Å²) in [6, 6.07) is 12.7. The summed E-state index contributed by atoms with van der Waals surface area (Å²) in [5.74, 6) is 0.292. The number of halogens is 3. The van der Waals surface area contributed by atoms with Crippen molar-refractivity contribution in [3.8, 4) is 11.3 Å². The van der Waals surface area contributed by atoms with Crippen molar-refractivity contribution in [2.45, 2.75) is 32.2 Å². The molecule has 0 radical (unpaired) electrons. The number of rotatable bonds is 2. The SMILES string of the molecule is O=c1oc2c(c3cc(C(F)(F)F)ccc13)-c1nnn(Cc3ccccc3)c1COCCC2. The van der Waals surface area contributed by atoms with Crippen LogP contribution in [0.1, 0.15) is 29.0 Å². The van der Waals surface area contributed by atoms with Crippen LogP contribution in [0.15, 0.2) is 57.7 Å². The molecule has 0 N–H and O–H groups in total. The average Bonchev–Trinajstić information content (AvgIpc) is 3.18. The van der Waals surface area contributed by atoms with Gasteiger partial charge in [-0.25, -0.2) is 9.48 Å². The predicted molar refractivity (Wildman–Crippen MR) is 110 cm³/mol. The largest absolute Gasteiger partial charge is 0.427 e. The van der Waals surface area contributed by atoms with Gasteiger partial charge in [-0.15, -0.1) is 5.10 Å². The van der Waals surface area contributed by atoms with E-state index in [2.05, 4.69) is 10.3 Å².